The van der Waals surface area contributed by atoms with Crippen molar-refractivity contribution in [2.24, 2.45) is 0 Å². The predicted octanol–water partition coefficient (Wildman–Crippen LogP) is 4.92. The van der Waals surface area contributed by atoms with Crippen LogP contribution in [0, 0.1) is 5.82 Å². The zero-order chi connectivity index (χ0) is 11.5. The Morgan fingerprint density at radius 2 is 2.12 bits per heavy atom. The van der Waals surface area contributed by atoms with Gasteiger partial charge in [0, 0.05) is 15.9 Å². The van der Waals surface area contributed by atoms with Gasteiger partial charge in [-0.05, 0) is 34.1 Å². The lowest BCUT2D eigenvalue weighted by Gasteiger charge is -2.05. The lowest BCUT2D eigenvalue weighted by molar-refractivity contribution is 0.630. The fourth-order valence-electron chi connectivity index (χ4n) is 1.27. The first-order valence-electron chi connectivity index (χ1n) is 4.59. The SMILES string of the molecule is Fc1ccccc1NCc1cc(Br)c(Cl)s1. The van der Waals surface area contributed by atoms with E-state index in [2.05, 4.69) is 21.2 Å². The largest absolute Gasteiger partial charge is 0.378 e. The third kappa shape index (κ3) is 2.75. The fourth-order valence-corrected chi connectivity index (χ4v) is 3.00. The Labute approximate surface area is 110 Å². The van der Waals surface area contributed by atoms with Crippen LogP contribution >= 0.6 is 38.9 Å². The predicted molar refractivity (Wildman–Crippen MR) is 70.8 cm³/mol. The second-order valence-corrected chi connectivity index (χ2v) is 5.76. The van der Waals surface area contributed by atoms with E-state index in [1.165, 1.54) is 17.4 Å². The number of rotatable bonds is 3. The molecule has 2 rings (SSSR count). The molecule has 0 aliphatic heterocycles. The number of benzene rings is 1. The van der Waals surface area contributed by atoms with Gasteiger partial charge in [-0.3, -0.25) is 0 Å². The molecule has 0 amide bonds. The number of nitrogens with one attached hydrogen (secondary N) is 1. The Balaban J connectivity index is 2.05. The quantitative estimate of drug-likeness (QED) is 0.847. The first-order chi connectivity index (χ1) is 7.66. The molecule has 0 spiro atoms. The molecule has 2 aromatic rings. The van der Waals surface area contributed by atoms with Crippen molar-refractivity contribution in [2.75, 3.05) is 5.32 Å². The number of para-hydroxylation sites is 1. The van der Waals surface area contributed by atoms with Crippen LogP contribution in [0.1, 0.15) is 4.88 Å². The summed E-state index contributed by atoms with van der Waals surface area (Å²) in [6.45, 7) is 0.566. The molecule has 1 nitrogen and oxygen atoms in total. The second-order valence-electron chi connectivity index (χ2n) is 3.17. The van der Waals surface area contributed by atoms with Gasteiger partial charge in [0.1, 0.15) is 10.2 Å². The van der Waals surface area contributed by atoms with Gasteiger partial charge in [0.15, 0.2) is 0 Å². The molecule has 84 valence electrons. The van der Waals surface area contributed by atoms with E-state index in [9.17, 15) is 4.39 Å². The minimum atomic E-state index is -0.246. The van der Waals surface area contributed by atoms with Crippen molar-refractivity contribution >= 4 is 44.6 Å². The Morgan fingerprint density at radius 3 is 2.75 bits per heavy atom. The van der Waals surface area contributed by atoms with Crippen molar-refractivity contribution in [3.63, 3.8) is 0 Å². The number of hydrogen-bond donors (Lipinski definition) is 1. The summed E-state index contributed by atoms with van der Waals surface area (Å²) < 4.78 is 14.9. The third-order valence-corrected chi connectivity index (χ3v) is 4.50. The van der Waals surface area contributed by atoms with Gasteiger partial charge in [-0.2, -0.15) is 0 Å². The monoisotopic (exact) mass is 319 g/mol. The average Bonchev–Trinajstić information content (AvgIpc) is 2.57. The smallest absolute Gasteiger partial charge is 0.146 e. The summed E-state index contributed by atoms with van der Waals surface area (Å²) in [5, 5.41) is 3.03. The van der Waals surface area contributed by atoms with Gasteiger partial charge in [0.05, 0.1) is 5.69 Å². The van der Waals surface area contributed by atoms with E-state index < -0.39 is 0 Å². The molecule has 1 aromatic carbocycles. The van der Waals surface area contributed by atoms with Crippen LogP contribution in [0.25, 0.3) is 0 Å². The minimum absolute atomic E-state index is 0.246. The molecule has 0 fully saturated rings. The molecular formula is C11H8BrClFNS. The molecule has 0 atom stereocenters. The van der Waals surface area contributed by atoms with Crippen molar-refractivity contribution in [1.82, 2.24) is 0 Å². The molecule has 5 heteroatoms. The normalized spacial score (nSPS) is 10.4. The van der Waals surface area contributed by atoms with Crippen LogP contribution in [-0.2, 0) is 6.54 Å². The Hall–Kier alpha value is -0.580. The van der Waals surface area contributed by atoms with Crippen LogP contribution in [0.2, 0.25) is 4.34 Å². The van der Waals surface area contributed by atoms with Crippen molar-refractivity contribution in [2.45, 2.75) is 6.54 Å². The molecule has 1 heterocycles. The lowest BCUT2D eigenvalue weighted by atomic mass is 10.3. The molecule has 0 aliphatic rings. The van der Waals surface area contributed by atoms with E-state index in [-0.39, 0.29) is 5.82 Å². The highest BCUT2D eigenvalue weighted by Gasteiger charge is 2.05. The zero-order valence-corrected chi connectivity index (χ0v) is 11.3. The maximum atomic E-state index is 13.3. The van der Waals surface area contributed by atoms with Crippen molar-refractivity contribution < 1.29 is 4.39 Å². The van der Waals surface area contributed by atoms with Crippen molar-refractivity contribution in [3.8, 4) is 0 Å². The molecule has 0 radical (unpaired) electrons. The molecule has 1 aromatic heterocycles. The van der Waals surface area contributed by atoms with E-state index in [0.29, 0.717) is 16.6 Å². The fraction of sp³-hybridized carbons (Fsp3) is 0.0909. The van der Waals surface area contributed by atoms with E-state index in [1.807, 2.05) is 6.07 Å². The summed E-state index contributed by atoms with van der Waals surface area (Å²) in [5.74, 6) is -0.246. The van der Waals surface area contributed by atoms with Crippen LogP contribution in [0.3, 0.4) is 0 Å². The molecular weight excluding hydrogens is 313 g/mol. The average molecular weight is 321 g/mol. The van der Waals surface area contributed by atoms with Gasteiger partial charge in [0.25, 0.3) is 0 Å². The number of halogens is 3. The van der Waals surface area contributed by atoms with E-state index in [1.54, 1.807) is 18.2 Å². The Kier molecular flexibility index (Phi) is 3.84. The number of thiophene rings is 1. The van der Waals surface area contributed by atoms with Crippen LogP contribution in [0.4, 0.5) is 10.1 Å². The number of hydrogen-bond acceptors (Lipinski definition) is 2. The summed E-state index contributed by atoms with van der Waals surface area (Å²) in [6.07, 6.45) is 0. The van der Waals surface area contributed by atoms with Crippen molar-refractivity contribution in [3.05, 3.63) is 49.8 Å². The molecule has 0 bridgehead atoms. The van der Waals surface area contributed by atoms with E-state index in [4.69, 9.17) is 11.6 Å². The summed E-state index contributed by atoms with van der Waals surface area (Å²) in [5.41, 5.74) is 0.503. The topological polar surface area (TPSA) is 12.0 Å². The maximum Gasteiger partial charge on any atom is 0.146 e. The van der Waals surface area contributed by atoms with E-state index >= 15 is 0 Å². The third-order valence-electron chi connectivity index (χ3n) is 2.02. The standard InChI is InChI=1S/C11H8BrClFNS/c12-8-5-7(16-11(8)13)6-15-10-4-2-1-3-9(10)14/h1-5,15H,6H2. The van der Waals surface area contributed by atoms with Crippen LogP contribution in [-0.4, -0.2) is 0 Å². The summed E-state index contributed by atoms with van der Waals surface area (Å²) in [4.78, 5) is 1.06. The lowest BCUT2D eigenvalue weighted by Crippen LogP contribution is -1.99. The van der Waals surface area contributed by atoms with Gasteiger partial charge in [-0.15, -0.1) is 11.3 Å². The van der Waals surface area contributed by atoms with Crippen molar-refractivity contribution in [1.29, 1.82) is 0 Å². The molecule has 0 unspecified atom stereocenters. The van der Waals surface area contributed by atoms with Gasteiger partial charge >= 0.3 is 0 Å². The minimum Gasteiger partial charge on any atom is -0.378 e. The maximum absolute atomic E-state index is 13.3. The van der Waals surface area contributed by atoms with Gasteiger partial charge in [-0.25, -0.2) is 4.39 Å². The van der Waals surface area contributed by atoms with Gasteiger partial charge in [0.2, 0.25) is 0 Å². The van der Waals surface area contributed by atoms with Gasteiger partial charge < -0.3 is 5.32 Å². The van der Waals surface area contributed by atoms with E-state index in [0.717, 1.165) is 9.35 Å². The zero-order valence-electron chi connectivity index (χ0n) is 8.14. The molecule has 0 saturated carbocycles. The first-order valence-corrected chi connectivity index (χ1v) is 6.57. The highest BCUT2D eigenvalue weighted by atomic mass is 79.9. The molecule has 0 saturated heterocycles. The molecule has 16 heavy (non-hydrogen) atoms. The Bertz CT molecular complexity index is 481. The van der Waals surface area contributed by atoms with Crippen LogP contribution < -0.4 is 5.32 Å². The van der Waals surface area contributed by atoms with Crippen LogP contribution in [0.15, 0.2) is 34.8 Å². The second kappa shape index (κ2) is 5.17. The molecule has 0 aliphatic carbocycles. The summed E-state index contributed by atoms with van der Waals surface area (Å²) in [7, 11) is 0. The Morgan fingerprint density at radius 1 is 1.38 bits per heavy atom. The van der Waals surface area contributed by atoms with Crippen LogP contribution in [0.5, 0.6) is 0 Å². The summed E-state index contributed by atoms with van der Waals surface area (Å²) >= 11 is 10.7. The first kappa shape index (κ1) is 11.9. The highest BCUT2D eigenvalue weighted by Crippen LogP contribution is 2.32. The number of anilines is 1. The summed E-state index contributed by atoms with van der Waals surface area (Å²) in [6, 6.07) is 8.53. The molecule has 1 N–H and O–H groups in total. The van der Waals surface area contributed by atoms with Gasteiger partial charge in [-0.1, -0.05) is 23.7 Å². The highest BCUT2D eigenvalue weighted by molar-refractivity contribution is 9.10.